The van der Waals surface area contributed by atoms with Crippen LogP contribution in [0.5, 0.6) is 0 Å². The van der Waals surface area contributed by atoms with Gasteiger partial charge in [-0.1, -0.05) is 24.3 Å². The highest BCUT2D eigenvalue weighted by molar-refractivity contribution is 5.69. The summed E-state index contributed by atoms with van der Waals surface area (Å²) in [6.45, 7) is 7.34. The fraction of sp³-hybridized carbons (Fsp3) is 0.414. The highest BCUT2D eigenvalue weighted by Gasteiger charge is 2.34. The highest BCUT2D eigenvalue weighted by atomic mass is 16.6. The van der Waals surface area contributed by atoms with E-state index >= 15 is 0 Å². The van der Waals surface area contributed by atoms with Gasteiger partial charge in [-0.15, -0.1) is 0 Å². The van der Waals surface area contributed by atoms with Crippen LogP contribution in [0.4, 0.5) is 4.79 Å². The van der Waals surface area contributed by atoms with Gasteiger partial charge in [0.25, 0.3) is 0 Å². The topological polar surface area (TPSA) is 125 Å². The molecule has 3 aromatic heterocycles. The lowest BCUT2D eigenvalue weighted by atomic mass is 10.1. The number of carbonyl (C=O) groups is 1. The minimum Gasteiger partial charge on any atom is -0.444 e. The minimum absolute atomic E-state index is 0.132. The molecule has 5 heterocycles. The van der Waals surface area contributed by atoms with E-state index in [1.54, 1.807) is 23.5 Å². The van der Waals surface area contributed by atoms with E-state index in [2.05, 4.69) is 47.4 Å². The third-order valence-electron chi connectivity index (χ3n) is 7.19. The molecule has 0 bridgehead atoms. The van der Waals surface area contributed by atoms with Crippen LogP contribution in [0.1, 0.15) is 70.2 Å². The van der Waals surface area contributed by atoms with Crippen LogP contribution in [-0.2, 0) is 4.74 Å². The summed E-state index contributed by atoms with van der Waals surface area (Å²) in [6, 6.07) is 8.36. The second-order valence-corrected chi connectivity index (χ2v) is 11.2. The van der Waals surface area contributed by atoms with Crippen molar-refractivity contribution >= 4 is 6.09 Å². The molecule has 2 fully saturated rings. The number of likely N-dealkylation sites (tertiary alicyclic amines) is 1. The molecule has 3 N–H and O–H groups in total. The third kappa shape index (κ3) is 5.42. The van der Waals surface area contributed by atoms with Gasteiger partial charge in [0.05, 0.1) is 35.9 Å². The first kappa shape index (κ1) is 25.2. The summed E-state index contributed by atoms with van der Waals surface area (Å²) in [5, 5.41) is 3.48. The van der Waals surface area contributed by atoms with E-state index in [1.807, 2.05) is 39.1 Å². The number of ether oxygens (including phenoxy) is 1. The molecular weight excluding hydrogens is 492 g/mol. The summed E-state index contributed by atoms with van der Waals surface area (Å²) in [4.78, 5) is 39.6. The Balaban J connectivity index is 1.13. The lowest BCUT2D eigenvalue weighted by molar-refractivity contribution is 0.0218. The van der Waals surface area contributed by atoms with Gasteiger partial charge in [-0.3, -0.25) is 4.90 Å². The van der Waals surface area contributed by atoms with Crippen molar-refractivity contribution in [1.29, 1.82) is 0 Å². The normalized spacial score (nSPS) is 19.5. The lowest BCUT2D eigenvalue weighted by Gasteiger charge is -2.27. The molecule has 0 saturated carbocycles. The van der Waals surface area contributed by atoms with Gasteiger partial charge in [0.1, 0.15) is 17.2 Å². The average Bonchev–Trinajstić information content (AvgIpc) is 3.74. The molecule has 10 nitrogen and oxygen atoms in total. The lowest BCUT2D eigenvalue weighted by Crippen LogP contribution is -2.36. The Labute approximate surface area is 227 Å². The predicted octanol–water partition coefficient (Wildman–Crippen LogP) is 5.42. The standard InChI is InChI=1S/C29H34N8O2/c1-29(2,3)39-28(38)37-13-5-7-24(37)27-34-17-23(36-27)20-14-31-25(32-15-20)19-10-8-18(9-11-19)22-16-33-26(35-22)21-6-4-12-30-21/h8-11,14-17,21,24,30H,4-7,12-13H2,1-3H3,(H,33,35)(H,34,36). The molecule has 202 valence electrons. The summed E-state index contributed by atoms with van der Waals surface area (Å²) in [5.41, 5.74) is 4.13. The highest BCUT2D eigenvalue weighted by Crippen LogP contribution is 2.33. The van der Waals surface area contributed by atoms with E-state index in [0.717, 1.165) is 65.5 Å². The van der Waals surface area contributed by atoms with E-state index < -0.39 is 5.60 Å². The number of hydrogen-bond acceptors (Lipinski definition) is 7. The number of aromatic nitrogens is 6. The van der Waals surface area contributed by atoms with Gasteiger partial charge in [-0.2, -0.15) is 0 Å². The largest absolute Gasteiger partial charge is 0.444 e. The molecule has 0 spiro atoms. The van der Waals surface area contributed by atoms with Crippen molar-refractivity contribution in [2.24, 2.45) is 0 Å². The second kappa shape index (κ2) is 10.3. The van der Waals surface area contributed by atoms with E-state index in [0.29, 0.717) is 18.4 Å². The Hall–Kier alpha value is -4.05. The van der Waals surface area contributed by atoms with Crippen LogP contribution in [0.15, 0.2) is 49.1 Å². The van der Waals surface area contributed by atoms with E-state index in [9.17, 15) is 4.79 Å². The zero-order valence-corrected chi connectivity index (χ0v) is 22.6. The van der Waals surface area contributed by atoms with Crippen LogP contribution in [0.2, 0.25) is 0 Å². The molecule has 6 rings (SSSR count). The molecule has 1 amide bonds. The van der Waals surface area contributed by atoms with Crippen LogP contribution in [0.3, 0.4) is 0 Å². The predicted molar refractivity (Wildman–Crippen MR) is 148 cm³/mol. The number of carbonyl (C=O) groups excluding carboxylic acids is 1. The molecule has 2 aliphatic rings. The molecule has 1 aromatic carbocycles. The summed E-state index contributed by atoms with van der Waals surface area (Å²) < 4.78 is 5.59. The number of rotatable bonds is 5. The van der Waals surface area contributed by atoms with E-state index in [1.165, 1.54) is 6.42 Å². The number of imidazole rings is 2. The summed E-state index contributed by atoms with van der Waals surface area (Å²) in [7, 11) is 0. The maximum atomic E-state index is 12.7. The van der Waals surface area contributed by atoms with Crippen LogP contribution < -0.4 is 5.32 Å². The third-order valence-corrected chi connectivity index (χ3v) is 7.19. The molecule has 39 heavy (non-hydrogen) atoms. The number of amides is 1. The molecule has 10 heteroatoms. The summed E-state index contributed by atoms with van der Waals surface area (Å²) in [6.07, 6.45) is 11.0. The minimum atomic E-state index is -0.534. The summed E-state index contributed by atoms with van der Waals surface area (Å²) >= 11 is 0. The average molecular weight is 527 g/mol. The van der Waals surface area contributed by atoms with Gasteiger partial charge in [0.15, 0.2) is 5.82 Å². The summed E-state index contributed by atoms with van der Waals surface area (Å²) in [5.74, 6) is 2.40. The first-order chi connectivity index (χ1) is 18.8. The van der Waals surface area contributed by atoms with Gasteiger partial charge in [0.2, 0.25) is 0 Å². The number of hydrogen-bond donors (Lipinski definition) is 3. The van der Waals surface area contributed by atoms with Crippen LogP contribution >= 0.6 is 0 Å². The first-order valence-corrected chi connectivity index (χ1v) is 13.6. The van der Waals surface area contributed by atoms with Crippen LogP contribution in [0.25, 0.3) is 33.9 Å². The Bertz CT molecular complexity index is 1430. The molecule has 2 atom stereocenters. The van der Waals surface area contributed by atoms with Crippen molar-refractivity contribution in [3.63, 3.8) is 0 Å². The smallest absolute Gasteiger partial charge is 0.410 e. The molecule has 2 aliphatic heterocycles. The molecule has 4 aromatic rings. The number of benzene rings is 1. The Morgan fingerprint density at radius 3 is 2.21 bits per heavy atom. The van der Waals surface area contributed by atoms with Gasteiger partial charge < -0.3 is 20.0 Å². The quantitative estimate of drug-likeness (QED) is 0.317. The van der Waals surface area contributed by atoms with Gasteiger partial charge in [-0.05, 0) is 58.6 Å². The Kier molecular flexibility index (Phi) is 6.64. The van der Waals surface area contributed by atoms with Crippen molar-refractivity contribution in [2.75, 3.05) is 13.1 Å². The molecule has 2 saturated heterocycles. The first-order valence-electron chi connectivity index (χ1n) is 13.6. The zero-order valence-electron chi connectivity index (χ0n) is 22.6. The van der Waals surface area contributed by atoms with Gasteiger partial charge in [0, 0.05) is 30.1 Å². The Morgan fingerprint density at radius 2 is 1.51 bits per heavy atom. The maximum absolute atomic E-state index is 12.7. The second-order valence-electron chi connectivity index (χ2n) is 11.2. The van der Waals surface area contributed by atoms with Crippen molar-refractivity contribution in [3.05, 3.63) is 60.7 Å². The molecular formula is C29H34N8O2. The van der Waals surface area contributed by atoms with Crippen molar-refractivity contribution < 1.29 is 9.53 Å². The van der Waals surface area contributed by atoms with Crippen molar-refractivity contribution in [1.82, 2.24) is 40.1 Å². The number of nitrogens with one attached hydrogen (secondary N) is 3. The molecule has 0 radical (unpaired) electrons. The number of aromatic amines is 2. The van der Waals surface area contributed by atoms with Crippen molar-refractivity contribution in [2.45, 2.75) is 64.1 Å². The fourth-order valence-corrected chi connectivity index (χ4v) is 5.24. The fourth-order valence-electron chi connectivity index (χ4n) is 5.24. The van der Waals surface area contributed by atoms with Crippen LogP contribution in [0, 0.1) is 0 Å². The maximum Gasteiger partial charge on any atom is 0.410 e. The van der Waals surface area contributed by atoms with Crippen LogP contribution in [-0.4, -0.2) is 59.6 Å². The van der Waals surface area contributed by atoms with Gasteiger partial charge >= 0.3 is 6.09 Å². The van der Waals surface area contributed by atoms with E-state index in [-0.39, 0.29) is 12.1 Å². The van der Waals surface area contributed by atoms with Crippen molar-refractivity contribution in [3.8, 4) is 33.9 Å². The SMILES string of the molecule is CC(C)(C)OC(=O)N1CCCC1c1ncc(-c2cnc(-c3ccc(-c4cnc(C5CCCN5)[nH]4)cc3)nc2)[nH]1. The molecule has 0 aliphatic carbocycles. The number of nitrogens with zero attached hydrogens (tertiary/aromatic N) is 5. The molecule has 2 unspecified atom stereocenters. The zero-order chi connectivity index (χ0) is 27.0. The number of H-pyrrole nitrogens is 2. The monoisotopic (exact) mass is 526 g/mol. The van der Waals surface area contributed by atoms with Gasteiger partial charge in [-0.25, -0.2) is 24.7 Å². The van der Waals surface area contributed by atoms with E-state index in [4.69, 9.17) is 4.74 Å². The Morgan fingerprint density at radius 1 is 0.846 bits per heavy atom.